The topological polar surface area (TPSA) is 152 Å². The third-order valence-electron chi connectivity index (χ3n) is 6.14. The van der Waals surface area contributed by atoms with Crippen LogP contribution in [-0.4, -0.2) is 65.9 Å². The summed E-state index contributed by atoms with van der Waals surface area (Å²) in [6.07, 6.45) is 0.660. The van der Waals surface area contributed by atoms with Gasteiger partial charge in [0.2, 0.25) is 10.0 Å². The summed E-state index contributed by atoms with van der Waals surface area (Å²) in [7, 11) is -2.09. The summed E-state index contributed by atoms with van der Waals surface area (Å²) in [4.78, 5) is 29.8. The summed E-state index contributed by atoms with van der Waals surface area (Å²) >= 11 is 1.35. The number of likely N-dealkylation sites (N-methyl/N-ethyl adjacent to an activating group) is 1. The van der Waals surface area contributed by atoms with Crippen LogP contribution in [0.5, 0.6) is 0 Å². The van der Waals surface area contributed by atoms with Gasteiger partial charge in [-0.15, -0.1) is 11.3 Å². The largest absolute Gasteiger partial charge is 0.313 e. The number of nitrogens with zero attached hydrogens (tertiary/aromatic N) is 6. The molecule has 4 rings (SSSR count). The number of fused-ring (bicyclic) bond motifs is 1. The van der Waals surface area contributed by atoms with E-state index in [-0.39, 0.29) is 16.4 Å². The van der Waals surface area contributed by atoms with Crippen molar-refractivity contribution < 1.29 is 18.0 Å². The van der Waals surface area contributed by atoms with Gasteiger partial charge in [-0.25, -0.2) is 13.1 Å². The number of nitrogens with one attached hydrogen (secondary N) is 1. The van der Waals surface area contributed by atoms with E-state index in [0.29, 0.717) is 34.9 Å². The highest BCUT2D eigenvalue weighted by Gasteiger charge is 2.30. The Labute approximate surface area is 224 Å². The molecule has 196 valence electrons. The molecule has 0 saturated heterocycles. The number of benzene rings is 1. The Kier molecular flexibility index (Phi) is 7.76. The van der Waals surface area contributed by atoms with E-state index in [1.807, 2.05) is 13.1 Å². The van der Waals surface area contributed by atoms with E-state index in [9.17, 15) is 18.0 Å². The van der Waals surface area contributed by atoms with Gasteiger partial charge in [0.25, 0.3) is 11.8 Å². The Hall–Kier alpha value is -3.88. The number of anilines is 1. The van der Waals surface area contributed by atoms with Crippen molar-refractivity contribution in [2.24, 2.45) is 0 Å². The van der Waals surface area contributed by atoms with Gasteiger partial charge in [0, 0.05) is 29.2 Å². The molecule has 0 spiro atoms. The lowest BCUT2D eigenvalue weighted by atomic mass is 10.0. The number of rotatable bonds is 7. The van der Waals surface area contributed by atoms with Crippen LogP contribution in [0.1, 0.15) is 42.5 Å². The number of aryl methyl sites for hydroxylation is 2. The minimum atomic E-state index is -4.09. The number of aromatic nitrogens is 2. The van der Waals surface area contributed by atoms with Gasteiger partial charge in [0.05, 0.1) is 28.3 Å². The first-order valence-corrected chi connectivity index (χ1v) is 13.9. The highest BCUT2D eigenvalue weighted by Crippen LogP contribution is 2.38. The molecule has 0 unspecified atom stereocenters. The molecule has 0 bridgehead atoms. The third kappa shape index (κ3) is 5.23. The average Bonchev–Trinajstić information content (AvgIpc) is 3.41. The zero-order valence-electron chi connectivity index (χ0n) is 21.1. The van der Waals surface area contributed by atoms with Gasteiger partial charge < -0.3 is 10.2 Å². The molecule has 3 aromatic rings. The van der Waals surface area contributed by atoms with Crippen LogP contribution < -0.4 is 5.32 Å². The SMILES string of the molecule is Cc1cc(C)n(C(=O)c2c(NC(=O)c3ccc(S(=O)(=O)N(CC#N)CC#N)cc3)sc3c2CCN(C)C3)n1. The second-order valence-electron chi connectivity index (χ2n) is 8.91. The maximum atomic E-state index is 13.6. The molecule has 1 aliphatic heterocycles. The fraction of sp³-hybridized carbons (Fsp3) is 0.320. The van der Waals surface area contributed by atoms with Crippen LogP contribution in [0.4, 0.5) is 5.00 Å². The summed E-state index contributed by atoms with van der Waals surface area (Å²) < 4.78 is 27.7. The van der Waals surface area contributed by atoms with Crippen molar-refractivity contribution in [1.29, 1.82) is 10.5 Å². The molecule has 0 atom stereocenters. The number of hydrogen-bond acceptors (Lipinski definition) is 9. The first-order valence-electron chi connectivity index (χ1n) is 11.6. The Balaban J connectivity index is 1.64. The molecule has 13 heteroatoms. The maximum Gasteiger partial charge on any atom is 0.281 e. The summed E-state index contributed by atoms with van der Waals surface area (Å²) in [6.45, 7) is 4.10. The lowest BCUT2D eigenvalue weighted by molar-refractivity contribution is 0.0942. The van der Waals surface area contributed by atoms with Crippen molar-refractivity contribution in [2.45, 2.75) is 31.7 Å². The molecular formula is C25H25N7O4S2. The molecule has 1 aliphatic rings. The van der Waals surface area contributed by atoms with Crippen molar-refractivity contribution in [3.05, 3.63) is 63.3 Å². The molecule has 0 radical (unpaired) electrons. The summed E-state index contributed by atoms with van der Waals surface area (Å²) in [6, 6.07) is 10.5. The van der Waals surface area contributed by atoms with Crippen LogP contribution in [0.3, 0.4) is 0 Å². The Bertz CT molecular complexity index is 1580. The van der Waals surface area contributed by atoms with Gasteiger partial charge in [-0.2, -0.15) is 19.9 Å². The summed E-state index contributed by atoms with van der Waals surface area (Å²) in [5, 5.41) is 25.4. The molecule has 38 heavy (non-hydrogen) atoms. The monoisotopic (exact) mass is 551 g/mol. The molecular weight excluding hydrogens is 526 g/mol. The fourth-order valence-corrected chi connectivity index (χ4v) is 6.82. The first-order chi connectivity index (χ1) is 18.1. The second-order valence-corrected chi connectivity index (χ2v) is 12.0. The number of carbonyl (C=O) groups excluding carboxylic acids is 2. The van der Waals surface area contributed by atoms with E-state index >= 15 is 0 Å². The normalized spacial score (nSPS) is 13.5. The van der Waals surface area contributed by atoms with Crippen LogP contribution >= 0.6 is 11.3 Å². The van der Waals surface area contributed by atoms with E-state index in [1.165, 1.54) is 40.3 Å². The third-order valence-corrected chi connectivity index (χ3v) is 9.08. The lowest BCUT2D eigenvalue weighted by Gasteiger charge is -2.22. The molecule has 11 nitrogen and oxygen atoms in total. The van der Waals surface area contributed by atoms with E-state index in [4.69, 9.17) is 10.5 Å². The highest BCUT2D eigenvalue weighted by atomic mass is 32.2. The summed E-state index contributed by atoms with van der Waals surface area (Å²) in [5.74, 6) is -0.821. The molecule has 0 aliphatic carbocycles. The van der Waals surface area contributed by atoms with Gasteiger partial charge in [-0.1, -0.05) is 0 Å². The number of hydrogen-bond donors (Lipinski definition) is 1. The standard InChI is InChI=1S/C25H25N7O4S2/c1-16-14-17(2)32(29-16)25(34)22-20-8-11-30(3)15-21(20)37-24(22)28-23(33)18-4-6-19(7-5-18)38(35,36)31(12-9-26)13-10-27/h4-7,14H,8,11-13,15H2,1-3H3,(H,28,33). The smallest absolute Gasteiger partial charge is 0.281 e. The number of sulfonamides is 1. The fourth-order valence-electron chi connectivity index (χ4n) is 4.27. The molecule has 1 N–H and O–H groups in total. The van der Waals surface area contributed by atoms with E-state index < -0.39 is 29.0 Å². The number of nitriles is 2. The van der Waals surface area contributed by atoms with Crippen LogP contribution in [-0.2, 0) is 23.0 Å². The predicted octanol–water partition coefficient (Wildman–Crippen LogP) is 2.53. The minimum Gasteiger partial charge on any atom is -0.313 e. The van der Waals surface area contributed by atoms with Crippen molar-refractivity contribution in [3.8, 4) is 12.1 Å². The van der Waals surface area contributed by atoms with Crippen molar-refractivity contribution in [2.75, 3.05) is 32.0 Å². The predicted molar refractivity (Wildman–Crippen MR) is 140 cm³/mol. The van der Waals surface area contributed by atoms with Crippen LogP contribution in [0.2, 0.25) is 0 Å². The van der Waals surface area contributed by atoms with Crippen molar-refractivity contribution in [3.63, 3.8) is 0 Å². The Morgan fingerprint density at radius 3 is 2.39 bits per heavy atom. The summed E-state index contributed by atoms with van der Waals surface area (Å²) in [5.41, 5.74) is 2.90. The average molecular weight is 552 g/mol. The minimum absolute atomic E-state index is 0.144. The van der Waals surface area contributed by atoms with Gasteiger partial charge >= 0.3 is 0 Å². The number of amides is 1. The molecule has 1 amide bonds. The zero-order chi connectivity index (χ0) is 27.6. The lowest BCUT2D eigenvalue weighted by Crippen LogP contribution is -2.31. The molecule has 3 heterocycles. The van der Waals surface area contributed by atoms with E-state index in [0.717, 1.165) is 21.3 Å². The molecule has 1 aromatic carbocycles. The second kappa shape index (κ2) is 10.8. The molecule has 2 aromatic heterocycles. The molecule has 0 fully saturated rings. The van der Waals surface area contributed by atoms with Crippen molar-refractivity contribution >= 4 is 38.2 Å². The zero-order valence-corrected chi connectivity index (χ0v) is 22.7. The van der Waals surface area contributed by atoms with Crippen LogP contribution in [0, 0.1) is 36.5 Å². The number of carbonyl (C=O) groups is 2. The quantitative estimate of drug-likeness (QED) is 0.440. The van der Waals surface area contributed by atoms with Gasteiger partial charge in [0.1, 0.15) is 18.1 Å². The van der Waals surface area contributed by atoms with Crippen LogP contribution in [0.25, 0.3) is 0 Å². The molecule has 0 saturated carbocycles. The van der Waals surface area contributed by atoms with E-state index in [1.54, 1.807) is 26.0 Å². The van der Waals surface area contributed by atoms with E-state index in [2.05, 4.69) is 15.3 Å². The number of thiophene rings is 1. The first kappa shape index (κ1) is 27.2. The van der Waals surface area contributed by atoms with Gasteiger partial charge in [-0.05, 0) is 63.2 Å². The van der Waals surface area contributed by atoms with Gasteiger partial charge in [0.15, 0.2) is 0 Å². The van der Waals surface area contributed by atoms with Crippen LogP contribution in [0.15, 0.2) is 35.2 Å². The highest BCUT2D eigenvalue weighted by molar-refractivity contribution is 7.89. The van der Waals surface area contributed by atoms with Gasteiger partial charge in [-0.3, -0.25) is 9.59 Å². The Morgan fingerprint density at radius 1 is 1.16 bits per heavy atom. The Morgan fingerprint density at radius 2 is 1.82 bits per heavy atom. The van der Waals surface area contributed by atoms with Crippen molar-refractivity contribution in [1.82, 2.24) is 19.0 Å². The maximum absolute atomic E-state index is 13.6.